The molecule has 1 aromatic carbocycles. The zero-order valence-electron chi connectivity index (χ0n) is 12.7. The average Bonchev–Trinajstić information content (AvgIpc) is 2.56. The standard InChI is InChI=1S/C15H20F3N3O2/c16-11-1-2-12(15(18)14(11)17)20-13(22)3-4-19-5-6-21-7-9-23-10-8-21/h1-2,19H,3-10H2,(H,20,22). The highest BCUT2D eigenvalue weighted by Crippen LogP contribution is 2.19. The molecule has 23 heavy (non-hydrogen) atoms. The van der Waals surface area contributed by atoms with Gasteiger partial charge in [-0.2, -0.15) is 0 Å². The van der Waals surface area contributed by atoms with Crippen molar-refractivity contribution < 1.29 is 22.7 Å². The van der Waals surface area contributed by atoms with E-state index in [2.05, 4.69) is 15.5 Å². The summed E-state index contributed by atoms with van der Waals surface area (Å²) in [4.78, 5) is 13.9. The normalized spacial score (nSPS) is 15.6. The summed E-state index contributed by atoms with van der Waals surface area (Å²) in [6, 6.07) is 1.77. The van der Waals surface area contributed by atoms with Crippen LogP contribution in [0.4, 0.5) is 18.9 Å². The fourth-order valence-corrected chi connectivity index (χ4v) is 2.22. The van der Waals surface area contributed by atoms with Crippen molar-refractivity contribution in [3.8, 4) is 0 Å². The zero-order valence-corrected chi connectivity index (χ0v) is 12.7. The van der Waals surface area contributed by atoms with Gasteiger partial charge in [-0.25, -0.2) is 13.2 Å². The molecule has 1 saturated heterocycles. The Hall–Kier alpha value is -1.64. The number of morpholine rings is 1. The van der Waals surface area contributed by atoms with Gasteiger partial charge in [-0.3, -0.25) is 9.69 Å². The van der Waals surface area contributed by atoms with Crippen LogP contribution in [0.3, 0.4) is 0 Å². The van der Waals surface area contributed by atoms with E-state index < -0.39 is 23.4 Å². The Labute approximate surface area is 132 Å². The molecule has 0 aliphatic carbocycles. The Morgan fingerprint density at radius 3 is 2.61 bits per heavy atom. The van der Waals surface area contributed by atoms with Crippen LogP contribution < -0.4 is 10.6 Å². The molecule has 0 saturated carbocycles. The van der Waals surface area contributed by atoms with Crippen molar-refractivity contribution in [2.45, 2.75) is 6.42 Å². The fraction of sp³-hybridized carbons (Fsp3) is 0.533. The van der Waals surface area contributed by atoms with Crippen molar-refractivity contribution in [1.82, 2.24) is 10.2 Å². The van der Waals surface area contributed by atoms with Gasteiger partial charge in [0.05, 0.1) is 18.9 Å². The molecule has 1 aliphatic heterocycles. The van der Waals surface area contributed by atoms with E-state index in [1.54, 1.807) is 0 Å². The van der Waals surface area contributed by atoms with Crippen molar-refractivity contribution in [3.05, 3.63) is 29.6 Å². The van der Waals surface area contributed by atoms with E-state index in [4.69, 9.17) is 4.74 Å². The summed E-state index contributed by atoms with van der Waals surface area (Å²) in [5.74, 6) is -4.73. The van der Waals surface area contributed by atoms with Crippen LogP contribution in [0, 0.1) is 17.5 Å². The molecule has 0 unspecified atom stereocenters. The molecule has 0 aromatic heterocycles. The number of amides is 1. The van der Waals surface area contributed by atoms with Crippen molar-refractivity contribution in [2.24, 2.45) is 0 Å². The minimum atomic E-state index is -1.59. The Balaban J connectivity index is 1.64. The number of halogens is 3. The van der Waals surface area contributed by atoms with Gasteiger partial charge in [0.1, 0.15) is 0 Å². The Morgan fingerprint density at radius 2 is 1.87 bits per heavy atom. The zero-order chi connectivity index (χ0) is 16.7. The van der Waals surface area contributed by atoms with E-state index in [0.717, 1.165) is 51.5 Å². The van der Waals surface area contributed by atoms with Gasteiger partial charge in [-0.1, -0.05) is 0 Å². The maximum Gasteiger partial charge on any atom is 0.225 e. The number of hydrogen-bond donors (Lipinski definition) is 2. The molecule has 0 bridgehead atoms. The average molecular weight is 331 g/mol. The minimum Gasteiger partial charge on any atom is -0.379 e. The van der Waals surface area contributed by atoms with Crippen LogP contribution in [-0.2, 0) is 9.53 Å². The first kappa shape index (κ1) is 17.7. The Bertz CT molecular complexity index is 537. The molecular formula is C15H20F3N3O2. The molecule has 0 atom stereocenters. The van der Waals surface area contributed by atoms with Crippen LogP contribution in [0.1, 0.15) is 6.42 Å². The van der Waals surface area contributed by atoms with E-state index in [1.165, 1.54) is 0 Å². The number of anilines is 1. The lowest BCUT2D eigenvalue weighted by Crippen LogP contribution is -2.40. The maximum absolute atomic E-state index is 13.4. The van der Waals surface area contributed by atoms with Crippen molar-refractivity contribution in [2.75, 3.05) is 51.3 Å². The number of carbonyl (C=O) groups is 1. The highest BCUT2D eigenvalue weighted by molar-refractivity contribution is 5.90. The SMILES string of the molecule is O=C(CCNCCN1CCOCC1)Nc1ccc(F)c(F)c1F. The van der Waals surface area contributed by atoms with Crippen LogP contribution in [0.15, 0.2) is 12.1 Å². The lowest BCUT2D eigenvalue weighted by molar-refractivity contribution is -0.116. The number of rotatable bonds is 7. The van der Waals surface area contributed by atoms with Gasteiger partial charge < -0.3 is 15.4 Å². The van der Waals surface area contributed by atoms with Gasteiger partial charge in [0.2, 0.25) is 5.91 Å². The molecule has 1 aromatic rings. The first-order chi connectivity index (χ1) is 11.1. The smallest absolute Gasteiger partial charge is 0.225 e. The molecule has 1 amide bonds. The molecule has 1 fully saturated rings. The van der Waals surface area contributed by atoms with Gasteiger partial charge in [0, 0.05) is 39.1 Å². The third-order valence-corrected chi connectivity index (χ3v) is 3.55. The third kappa shape index (κ3) is 5.49. The number of carbonyl (C=O) groups excluding carboxylic acids is 1. The largest absolute Gasteiger partial charge is 0.379 e. The predicted octanol–water partition coefficient (Wildman–Crippen LogP) is 1.35. The Morgan fingerprint density at radius 1 is 1.13 bits per heavy atom. The van der Waals surface area contributed by atoms with E-state index in [1.807, 2.05) is 0 Å². The first-order valence-electron chi connectivity index (χ1n) is 7.52. The van der Waals surface area contributed by atoms with E-state index >= 15 is 0 Å². The first-order valence-corrected chi connectivity index (χ1v) is 7.52. The van der Waals surface area contributed by atoms with Crippen LogP contribution in [0.5, 0.6) is 0 Å². The third-order valence-electron chi connectivity index (χ3n) is 3.55. The van der Waals surface area contributed by atoms with Gasteiger partial charge >= 0.3 is 0 Å². The second-order valence-corrected chi connectivity index (χ2v) is 5.23. The number of benzene rings is 1. The lowest BCUT2D eigenvalue weighted by Gasteiger charge is -2.26. The van der Waals surface area contributed by atoms with Gasteiger partial charge in [0.25, 0.3) is 0 Å². The van der Waals surface area contributed by atoms with Crippen molar-refractivity contribution in [3.63, 3.8) is 0 Å². The van der Waals surface area contributed by atoms with Gasteiger partial charge in [-0.05, 0) is 12.1 Å². The fourth-order valence-electron chi connectivity index (χ4n) is 2.22. The summed E-state index contributed by atoms with van der Waals surface area (Å²) >= 11 is 0. The monoisotopic (exact) mass is 331 g/mol. The molecule has 2 N–H and O–H groups in total. The van der Waals surface area contributed by atoms with Crippen LogP contribution >= 0.6 is 0 Å². The summed E-state index contributed by atoms with van der Waals surface area (Å²) in [5.41, 5.74) is -0.359. The summed E-state index contributed by atoms with van der Waals surface area (Å²) in [5, 5.41) is 5.34. The van der Waals surface area contributed by atoms with Gasteiger partial charge in [0.15, 0.2) is 17.5 Å². The Kier molecular flexibility index (Phi) is 6.82. The highest BCUT2D eigenvalue weighted by Gasteiger charge is 2.15. The predicted molar refractivity (Wildman–Crippen MR) is 79.7 cm³/mol. The molecular weight excluding hydrogens is 311 g/mol. The number of nitrogens with zero attached hydrogens (tertiary/aromatic N) is 1. The van der Waals surface area contributed by atoms with E-state index in [0.29, 0.717) is 6.54 Å². The van der Waals surface area contributed by atoms with Crippen molar-refractivity contribution in [1.29, 1.82) is 0 Å². The topological polar surface area (TPSA) is 53.6 Å². The number of ether oxygens (including phenoxy) is 1. The second-order valence-electron chi connectivity index (χ2n) is 5.23. The summed E-state index contributed by atoms with van der Waals surface area (Å²) in [6.07, 6.45) is 0.113. The molecule has 128 valence electrons. The summed E-state index contributed by atoms with van der Waals surface area (Å²) in [7, 11) is 0. The lowest BCUT2D eigenvalue weighted by atomic mass is 10.2. The summed E-state index contributed by atoms with van der Waals surface area (Å²) in [6.45, 7) is 5.29. The highest BCUT2D eigenvalue weighted by atomic mass is 19.2. The van der Waals surface area contributed by atoms with Crippen LogP contribution in [-0.4, -0.2) is 56.7 Å². The maximum atomic E-state index is 13.4. The molecule has 0 spiro atoms. The minimum absolute atomic E-state index is 0.113. The molecule has 2 rings (SSSR count). The molecule has 8 heteroatoms. The number of hydrogen-bond acceptors (Lipinski definition) is 4. The second kappa shape index (κ2) is 8.85. The van der Waals surface area contributed by atoms with Gasteiger partial charge in [-0.15, -0.1) is 0 Å². The quantitative estimate of drug-likeness (QED) is 0.585. The number of nitrogens with one attached hydrogen (secondary N) is 2. The summed E-state index contributed by atoms with van der Waals surface area (Å²) < 4.78 is 44.5. The molecule has 1 aliphatic rings. The van der Waals surface area contributed by atoms with Crippen LogP contribution in [0.2, 0.25) is 0 Å². The van der Waals surface area contributed by atoms with Crippen molar-refractivity contribution >= 4 is 11.6 Å². The molecule has 0 radical (unpaired) electrons. The van der Waals surface area contributed by atoms with E-state index in [9.17, 15) is 18.0 Å². The molecule has 5 nitrogen and oxygen atoms in total. The van der Waals surface area contributed by atoms with E-state index in [-0.39, 0.29) is 12.1 Å². The molecule has 1 heterocycles. The van der Waals surface area contributed by atoms with Crippen LogP contribution in [0.25, 0.3) is 0 Å².